The fourth-order valence-corrected chi connectivity index (χ4v) is 2.38. The number of ether oxygens (including phenoxy) is 2. The molecule has 0 radical (unpaired) electrons. The summed E-state index contributed by atoms with van der Waals surface area (Å²) in [6.45, 7) is 3.62. The normalized spacial score (nSPS) is 21.9. The summed E-state index contributed by atoms with van der Waals surface area (Å²) in [5.41, 5.74) is 1.07. The Labute approximate surface area is 112 Å². The van der Waals surface area contributed by atoms with E-state index in [-0.39, 0.29) is 6.04 Å². The van der Waals surface area contributed by atoms with Gasteiger partial charge in [0.2, 0.25) is 0 Å². The summed E-state index contributed by atoms with van der Waals surface area (Å²) in [4.78, 5) is 13.1. The topological polar surface area (TPSA) is 59.0 Å². The molecule has 2 atom stereocenters. The Bertz CT molecular complexity index is 449. The van der Waals surface area contributed by atoms with Crippen LogP contribution in [0, 0.1) is 0 Å². The van der Waals surface area contributed by atoms with E-state index in [1.54, 1.807) is 7.11 Å². The number of carboxylic acids is 1. The standard InChI is InChI=1S/C14H19NO4/c1-10(11-5-3-4-6-12(11)18-2)15-7-8-19-13(9-15)14(16)17/h3-6,10,13H,7-9H2,1-2H3,(H,16,17). The number of morpholine rings is 1. The van der Waals surface area contributed by atoms with E-state index in [4.69, 9.17) is 14.6 Å². The van der Waals surface area contributed by atoms with Crippen LogP contribution in [-0.4, -0.2) is 48.9 Å². The number of hydrogen-bond donors (Lipinski definition) is 1. The number of carbonyl (C=O) groups is 1. The largest absolute Gasteiger partial charge is 0.496 e. The lowest BCUT2D eigenvalue weighted by Crippen LogP contribution is -2.46. The highest BCUT2D eigenvalue weighted by atomic mass is 16.5. The van der Waals surface area contributed by atoms with Gasteiger partial charge in [-0.25, -0.2) is 4.79 Å². The van der Waals surface area contributed by atoms with Gasteiger partial charge in [0.1, 0.15) is 5.75 Å². The molecular formula is C14H19NO4. The number of para-hydroxylation sites is 1. The van der Waals surface area contributed by atoms with Crippen LogP contribution >= 0.6 is 0 Å². The molecule has 0 bridgehead atoms. The number of rotatable bonds is 4. The third-order valence-corrected chi connectivity index (χ3v) is 3.51. The average molecular weight is 265 g/mol. The second-order valence-electron chi connectivity index (χ2n) is 4.61. The van der Waals surface area contributed by atoms with Gasteiger partial charge in [-0.05, 0) is 13.0 Å². The molecule has 1 aliphatic rings. The lowest BCUT2D eigenvalue weighted by atomic mass is 10.0. The molecule has 1 aromatic rings. The van der Waals surface area contributed by atoms with Gasteiger partial charge in [0, 0.05) is 24.7 Å². The average Bonchev–Trinajstić information content (AvgIpc) is 2.46. The van der Waals surface area contributed by atoms with E-state index in [0.29, 0.717) is 13.2 Å². The molecule has 1 saturated heterocycles. The minimum atomic E-state index is -0.906. The molecule has 2 rings (SSSR count). The van der Waals surface area contributed by atoms with Crippen molar-refractivity contribution in [1.82, 2.24) is 4.90 Å². The highest BCUT2D eigenvalue weighted by molar-refractivity contribution is 5.72. The van der Waals surface area contributed by atoms with Gasteiger partial charge in [-0.1, -0.05) is 18.2 Å². The maximum atomic E-state index is 11.0. The second kappa shape index (κ2) is 6.04. The summed E-state index contributed by atoms with van der Waals surface area (Å²) >= 11 is 0. The van der Waals surface area contributed by atoms with Gasteiger partial charge >= 0.3 is 5.97 Å². The van der Waals surface area contributed by atoms with Crippen LogP contribution in [-0.2, 0) is 9.53 Å². The van der Waals surface area contributed by atoms with Crippen molar-refractivity contribution >= 4 is 5.97 Å². The van der Waals surface area contributed by atoms with Crippen molar-refractivity contribution in [3.63, 3.8) is 0 Å². The second-order valence-corrected chi connectivity index (χ2v) is 4.61. The first kappa shape index (κ1) is 13.8. The minimum Gasteiger partial charge on any atom is -0.496 e. The molecule has 0 aliphatic carbocycles. The van der Waals surface area contributed by atoms with Gasteiger partial charge < -0.3 is 14.6 Å². The van der Waals surface area contributed by atoms with E-state index in [2.05, 4.69) is 11.8 Å². The third-order valence-electron chi connectivity index (χ3n) is 3.51. The van der Waals surface area contributed by atoms with E-state index in [1.165, 1.54) is 0 Å². The van der Waals surface area contributed by atoms with Crippen LogP contribution in [0.1, 0.15) is 18.5 Å². The van der Waals surface area contributed by atoms with Gasteiger partial charge in [-0.2, -0.15) is 0 Å². The monoisotopic (exact) mass is 265 g/mol. The minimum absolute atomic E-state index is 0.0990. The van der Waals surface area contributed by atoms with Gasteiger partial charge in [-0.15, -0.1) is 0 Å². The zero-order valence-electron chi connectivity index (χ0n) is 11.2. The summed E-state index contributed by atoms with van der Waals surface area (Å²) in [5, 5.41) is 9.03. The molecule has 1 heterocycles. The SMILES string of the molecule is COc1ccccc1C(C)N1CCOC(C(=O)O)C1. The van der Waals surface area contributed by atoms with Gasteiger partial charge in [0.25, 0.3) is 0 Å². The molecule has 1 aromatic carbocycles. The van der Waals surface area contributed by atoms with E-state index < -0.39 is 12.1 Å². The Morgan fingerprint density at radius 2 is 2.26 bits per heavy atom. The molecule has 0 saturated carbocycles. The lowest BCUT2D eigenvalue weighted by Gasteiger charge is -2.35. The number of aliphatic carboxylic acids is 1. The van der Waals surface area contributed by atoms with Crippen molar-refractivity contribution in [3.05, 3.63) is 29.8 Å². The number of nitrogens with zero attached hydrogens (tertiary/aromatic N) is 1. The summed E-state index contributed by atoms with van der Waals surface area (Å²) in [7, 11) is 1.64. The van der Waals surface area contributed by atoms with Crippen molar-refractivity contribution in [2.45, 2.75) is 19.1 Å². The predicted molar refractivity (Wildman–Crippen MR) is 70.4 cm³/mol. The van der Waals surface area contributed by atoms with E-state index in [0.717, 1.165) is 17.9 Å². The van der Waals surface area contributed by atoms with Gasteiger partial charge in [0.05, 0.1) is 13.7 Å². The number of carboxylic acid groups (broad SMARTS) is 1. The van der Waals surface area contributed by atoms with Crippen LogP contribution in [0.5, 0.6) is 5.75 Å². The Balaban J connectivity index is 2.14. The zero-order chi connectivity index (χ0) is 13.8. The highest BCUT2D eigenvalue weighted by Gasteiger charge is 2.30. The smallest absolute Gasteiger partial charge is 0.334 e. The lowest BCUT2D eigenvalue weighted by molar-refractivity contribution is -0.157. The molecule has 19 heavy (non-hydrogen) atoms. The quantitative estimate of drug-likeness (QED) is 0.895. The Hall–Kier alpha value is -1.59. The highest BCUT2D eigenvalue weighted by Crippen LogP contribution is 2.29. The van der Waals surface area contributed by atoms with Crippen molar-refractivity contribution < 1.29 is 19.4 Å². The Kier molecular flexibility index (Phi) is 4.39. The molecular weight excluding hydrogens is 246 g/mol. The number of hydrogen-bond acceptors (Lipinski definition) is 4. The first-order valence-electron chi connectivity index (χ1n) is 6.35. The summed E-state index contributed by atoms with van der Waals surface area (Å²) in [6.07, 6.45) is -0.745. The van der Waals surface area contributed by atoms with E-state index >= 15 is 0 Å². The molecule has 5 nitrogen and oxygen atoms in total. The Morgan fingerprint density at radius 1 is 1.53 bits per heavy atom. The number of benzene rings is 1. The molecule has 1 N–H and O–H groups in total. The van der Waals surface area contributed by atoms with Crippen molar-refractivity contribution in [3.8, 4) is 5.75 Å². The van der Waals surface area contributed by atoms with Crippen molar-refractivity contribution in [2.24, 2.45) is 0 Å². The third kappa shape index (κ3) is 3.05. The van der Waals surface area contributed by atoms with Crippen molar-refractivity contribution in [2.75, 3.05) is 26.8 Å². The molecule has 0 amide bonds. The van der Waals surface area contributed by atoms with E-state index in [9.17, 15) is 4.79 Å². The fraction of sp³-hybridized carbons (Fsp3) is 0.500. The van der Waals surface area contributed by atoms with Crippen molar-refractivity contribution in [1.29, 1.82) is 0 Å². The molecule has 5 heteroatoms. The molecule has 1 fully saturated rings. The summed E-state index contributed by atoms with van der Waals surface area (Å²) in [5.74, 6) is -0.0784. The first-order valence-corrected chi connectivity index (χ1v) is 6.35. The summed E-state index contributed by atoms with van der Waals surface area (Å²) in [6, 6.07) is 7.91. The van der Waals surface area contributed by atoms with Gasteiger partial charge in [0.15, 0.2) is 6.10 Å². The first-order chi connectivity index (χ1) is 9.13. The van der Waals surface area contributed by atoms with E-state index in [1.807, 2.05) is 24.3 Å². The maximum absolute atomic E-state index is 11.0. The molecule has 104 valence electrons. The molecule has 0 aromatic heterocycles. The predicted octanol–water partition coefficient (Wildman–Crippen LogP) is 1.54. The van der Waals surface area contributed by atoms with Crippen LogP contribution < -0.4 is 4.74 Å². The van der Waals surface area contributed by atoms with Crippen LogP contribution in [0.15, 0.2) is 24.3 Å². The fourth-order valence-electron chi connectivity index (χ4n) is 2.38. The van der Waals surface area contributed by atoms with Crippen LogP contribution in [0.4, 0.5) is 0 Å². The number of methoxy groups -OCH3 is 1. The van der Waals surface area contributed by atoms with Gasteiger partial charge in [-0.3, -0.25) is 4.90 Å². The zero-order valence-corrected chi connectivity index (χ0v) is 11.2. The Morgan fingerprint density at radius 3 is 2.95 bits per heavy atom. The summed E-state index contributed by atoms with van der Waals surface area (Å²) < 4.78 is 10.6. The molecule has 1 aliphatic heterocycles. The van der Waals surface area contributed by atoms with Crippen LogP contribution in [0.2, 0.25) is 0 Å². The molecule has 0 spiro atoms. The van der Waals surface area contributed by atoms with Crippen LogP contribution in [0.3, 0.4) is 0 Å². The van der Waals surface area contributed by atoms with Crippen LogP contribution in [0.25, 0.3) is 0 Å². The molecule has 2 unspecified atom stereocenters. The maximum Gasteiger partial charge on any atom is 0.334 e.